The molecule has 0 bridgehead atoms. The van der Waals surface area contributed by atoms with Gasteiger partial charge < -0.3 is 14.7 Å². The molecule has 1 atom stereocenters. The van der Waals surface area contributed by atoms with E-state index >= 15 is 0 Å². The fourth-order valence-corrected chi connectivity index (χ4v) is 2.11. The summed E-state index contributed by atoms with van der Waals surface area (Å²) in [7, 11) is 1.66. The van der Waals surface area contributed by atoms with Crippen LogP contribution in [0, 0.1) is 5.92 Å². The minimum atomic E-state index is 0.170. The lowest BCUT2D eigenvalue weighted by molar-refractivity contribution is -0.134. The highest BCUT2D eigenvalue weighted by atomic mass is 16.5. The normalized spacial score (nSPS) is 16.9. The fourth-order valence-electron chi connectivity index (χ4n) is 2.11. The van der Waals surface area contributed by atoms with E-state index in [1.165, 1.54) is 12.8 Å². The molecule has 0 aliphatic heterocycles. The lowest BCUT2D eigenvalue weighted by Gasteiger charge is -2.29. The minimum absolute atomic E-state index is 0.170. The van der Waals surface area contributed by atoms with E-state index < -0.39 is 0 Å². The Balaban J connectivity index is 2.39. The highest BCUT2D eigenvalue weighted by molar-refractivity contribution is 5.76. The van der Waals surface area contributed by atoms with Crippen LogP contribution in [0.5, 0.6) is 0 Å². The lowest BCUT2D eigenvalue weighted by Crippen LogP contribution is -2.41. The zero-order valence-electron chi connectivity index (χ0n) is 11.0. The third-order valence-corrected chi connectivity index (χ3v) is 3.45. The highest BCUT2D eigenvalue weighted by Crippen LogP contribution is 2.35. The predicted molar refractivity (Wildman–Crippen MR) is 66.7 cm³/mol. The van der Waals surface area contributed by atoms with Gasteiger partial charge in [0, 0.05) is 32.7 Å². The minimum Gasteiger partial charge on any atom is -0.396 e. The maximum Gasteiger partial charge on any atom is 0.222 e. The highest BCUT2D eigenvalue weighted by Gasteiger charge is 2.33. The van der Waals surface area contributed by atoms with Crippen molar-refractivity contribution in [3.63, 3.8) is 0 Å². The number of nitrogens with zero attached hydrogens (tertiary/aromatic N) is 1. The predicted octanol–water partition coefficient (Wildman–Crippen LogP) is 1.42. The molecule has 0 radical (unpaired) electrons. The van der Waals surface area contributed by atoms with E-state index in [0.29, 0.717) is 38.0 Å². The monoisotopic (exact) mass is 243 g/mol. The van der Waals surface area contributed by atoms with Gasteiger partial charge in [0.2, 0.25) is 5.91 Å². The average molecular weight is 243 g/mol. The van der Waals surface area contributed by atoms with Gasteiger partial charge in [-0.3, -0.25) is 4.79 Å². The van der Waals surface area contributed by atoms with Crippen LogP contribution >= 0.6 is 0 Å². The van der Waals surface area contributed by atoms with E-state index in [-0.39, 0.29) is 12.5 Å². The van der Waals surface area contributed by atoms with Crippen molar-refractivity contribution in [2.45, 2.75) is 45.1 Å². The fraction of sp³-hybridized carbons (Fsp3) is 0.923. The van der Waals surface area contributed by atoms with Gasteiger partial charge in [-0.15, -0.1) is 0 Å². The van der Waals surface area contributed by atoms with E-state index in [2.05, 4.69) is 6.92 Å². The topological polar surface area (TPSA) is 49.8 Å². The molecule has 4 heteroatoms. The summed E-state index contributed by atoms with van der Waals surface area (Å²) >= 11 is 0. The summed E-state index contributed by atoms with van der Waals surface area (Å²) in [5.41, 5.74) is 0. The molecule has 17 heavy (non-hydrogen) atoms. The molecule has 1 rings (SSSR count). The first-order valence-electron chi connectivity index (χ1n) is 6.60. The van der Waals surface area contributed by atoms with Gasteiger partial charge in [0.05, 0.1) is 6.61 Å². The summed E-state index contributed by atoms with van der Waals surface area (Å²) in [6, 6.07) is 0.340. The van der Waals surface area contributed by atoms with Crippen molar-refractivity contribution in [1.82, 2.24) is 4.90 Å². The van der Waals surface area contributed by atoms with Gasteiger partial charge in [-0.2, -0.15) is 0 Å². The number of methoxy groups -OCH3 is 1. The van der Waals surface area contributed by atoms with Crippen LogP contribution in [0.15, 0.2) is 0 Å². The average Bonchev–Trinajstić information content (AvgIpc) is 3.13. The van der Waals surface area contributed by atoms with E-state index in [9.17, 15) is 4.79 Å². The third kappa shape index (κ3) is 5.04. The van der Waals surface area contributed by atoms with Gasteiger partial charge in [-0.05, 0) is 38.5 Å². The molecule has 1 amide bonds. The van der Waals surface area contributed by atoms with Crippen molar-refractivity contribution >= 4 is 5.91 Å². The van der Waals surface area contributed by atoms with Crippen LogP contribution in [-0.4, -0.2) is 48.8 Å². The molecule has 100 valence electrons. The molecule has 1 fully saturated rings. The summed E-state index contributed by atoms with van der Waals surface area (Å²) in [5.74, 6) is 0.892. The van der Waals surface area contributed by atoms with E-state index in [1.54, 1.807) is 7.11 Å². The van der Waals surface area contributed by atoms with Crippen LogP contribution in [-0.2, 0) is 9.53 Å². The van der Waals surface area contributed by atoms with Gasteiger partial charge in [-0.25, -0.2) is 0 Å². The molecule has 0 aromatic heterocycles. The molecule has 0 spiro atoms. The molecule has 1 saturated carbocycles. The van der Waals surface area contributed by atoms with Gasteiger partial charge in [0.1, 0.15) is 0 Å². The van der Waals surface area contributed by atoms with Crippen molar-refractivity contribution < 1.29 is 14.6 Å². The standard InChI is InChI=1S/C13H25NO3/c1-11(12-6-7-12)14(8-10-17-2)13(16)5-3-4-9-15/h11-12,15H,3-10H2,1-2H3. The number of hydrogen-bond acceptors (Lipinski definition) is 3. The first kappa shape index (κ1) is 14.5. The largest absolute Gasteiger partial charge is 0.396 e. The first-order chi connectivity index (χ1) is 8.20. The Labute approximate surface area is 104 Å². The van der Waals surface area contributed by atoms with E-state index in [1.807, 2.05) is 4.90 Å². The zero-order valence-corrected chi connectivity index (χ0v) is 11.0. The van der Waals surface area contributed by atoms with E-state index in [0.717, 1.165) is 6.42 Å². The van der Waals surface area contributed by atoms with Crippen molar-refractivity contribution in [1.29, 1.82) is 0 Å². The Kier molecular flexibility index (Phi) is 6.52. The molecule has 1 N–H and O–H groups in total. The molecular formula is C13H25NO3. The van der Waals surface area contributed by atoms with Crippen molar-refractivity contribution in [2.24, 2.45) is 5.92 Å². The van der Waals surface area contributed by atoms with E-state index in [4.69, 9.17) is 9.84 Å². The number of aliphatic hydroxyl groups is 1. The molecule has 0 heterocycles. The Morgan fingerprint density at radius 2 is 2.18 bits per heavy atom. The number of rotatable bonds is 9. The summed E-state index contributed by atoms with van der Waals surface area (Å²) in [6.07, 6.45) is 4.52. The number of ether oxygens (including phenoxy) is 1. The summed E-state index contributed by atoms with van der Waals surface area (Å²) < 4.78 is 5.06. The molecule has 0 aromatic carbocycles. The number of carbonyl (C=O) groups excluding carboxylic acids is 1. The second kappa shape index (κ2) is 7.67. The Bertz CT molecular complexity index is 229. The van der Waals surface area contributed by atoms with Crippen LogP contribution < -0.4 is 0 Å². The number of aliphatic hydroxyl groups excluding tert-OH is 1. The molecule has 1 aliphatic rings. The van der Waals surface area contributed by atoms with Gasteiger partial charge in [0.15, 0.2) is 0 Å². The second-order valence-electron chi connectivity index (χ2n) is 4.84. The molecule has 0 saturated heterocycles. The number of unbranched alkanes of at least 4 members (excludes halogenated alkanes) is 1. The van der Waals surface area contributed by atoms with Gasteiger partial charge in [0.25, 0.3) is 0 Å². The number of carbonyl (C=O) groups is 1. The zero-order chi connectivity index (χ0) is 12.7. The molecule has 4 nitrogen and oxygen atoms in total. The smallest absolute Gasteiger partial charge is 0.222 e. The van der Waals surface area contributed by atoms with Gasteiger partial charge in [-0.1, -0.05) is 0 Å². The third-order valence-electron chi connectivity index (χ3n) is 3.45. The van der Waals surface area contributed by atoms with Crippen LogP contribution in [0.25, 0.3) is 0 Å². The summed E-state index contributed by atoms with van der Waals surface area (Å²) in [4.78, 5) is 14.0. The molecule has 0 aromatic rings. The summed E-state index contributed by atoms with van der Waals surface area (Å²) in [5, 5.41) is 8.72. The van der Waals surface area contributed by atoms with Crippen LogP contribution in [0.2, 0.25) is 0 Å². The maximum atomic E-state index is 12.1. The summed E-state index contributed by atoms with van der Waals surface area (Å²) in [6.45, 7) is 3.59. The van der Waals surface area contributed by atoms with Crippen molar-refractivity contribution in [3.05, 3.63) is 0 Å². The molecule has 1 unspecified atom stereocenters. The Morgan fingerprint density at radius 3 is 2.71 bits per heavy atom. The van der Waals surface area contributed by atoms with Crippen LogP contribution in [0.3, 0.4) is 0 Å². The van der Waals surface area contributed by atoms with Crippen LogP contribution in [0.4, 0.5) is 0 Å². The molecule has 1 aliphatic carbocycles. The first-order valence-corrected chi connectivity index (χ1v) is 6.60. The van der Waals surface area contributed by atoms with Crippen molar-refractivity contribution in [2.75, 3.05) is 26.9 Å². The number of hydrogen-bond donors (Lipinski definition) is 1. The quantitative estimate of drug-likeness (QED) is 0.623. The maximum absolute atomic E-state index is 12.1. The number of amides is 1. The van der Waals surface area contributed by atoms with Crippen molar-refractivity contribution in [3.8, 4) is 0 Å². The van der Waals surface area contributed by atoms with Gasteiger partial charge >= 0.3 is 0 Å². The Morgan fingerprint density at radius 1 is 1.47 bits per heavy atom. The lowest BCUT2D eigenvalue weighted by atomic mass is 10.1. The Hall–Kier alpha value is -0.610. The molecular weight excluding hydrogens is 218 g/mol. The van der Waals surface area contributed by atoms with Crippen LogP contribution in [0.1, 0.15) is 39.0 Å². The second-order valence-corrected chi connectivity index (χ2v) is 4.84. The SMILES string of the molecule is COCCN(C(=O)CCCCO)C(C)C1CC1.